The fraction of sp³-hybridized carbons (Fsp3) is 0.214. The van der Waals surface area contributed by atoms with Crippen molar-refractivity contribution in [3.63, 3.8) is 0 Å². The summed E-state index contributed by atoms with van der Waals surface area (Å²) in [6, 6.07) is 18.9. The highest BCUT2D eigenvalue weighted by Gasteiger charge is 2.22. The number of halogens is 1. The first-order valence-corrected chi connectivity index (χ1v) is 11.5. The van der Waals surface area contributed by atoms with Crippen molar-refractivity contribution in [3.05, 3.63) is 94.0 Å². The van der Waals surface area contributed by atoms with Gasteiger partial charge < -0.3 is 19.7 Å². The summed E-state index contributed by atoms with van der Waals surface area (Å²) in [6.45, 7) is 2.83. The molecule has 2 N–H and O–H groups in total. The van der Waals surface area contributed by atoms with Crippen LogP contribution in [0.3, 0.4) is 0 Å². The molecule has 0 radical (unpaired) electrons. The second kappa shape index (κ2) is 10.4. The Morgan fingerprint density at radius 1 is 1.09 bits per heavy atom. The van der Waals surface area contributed by atoms with E-state index < -0.39 is 22.8 Å². The molecule has 7 heteroatoms. The van der Waals surface area contributed by atoms with E-state index in [4.69, 9.17) is 4.74 Å². The molecule has 4 rings (SSSR count). The lowest BCUT2D eigenvalue weighted by atomic mass is 10.0. The molecule has 3 aromatic carbocycles. The third kappa shape index (κ3) is 4.89. The van der Waals surface area contributed by atoms with Crippen molar-refractivity contribution in [1.29, 1.82) is 0 Å². The molecule has 1 aromatic heterocycles. The Labute approximate surface area is 202 Å². The summed E-state index contributed by atoms with van der Waals surface area (Å²) in [6.07, 6.45) is 3.06. The topological polar surface area (TPSA) is 80.6 Å². The van der Waals surface area contributed by atoms with Crippen molar-refractivity contribution in [1.82, 2.24) is 4.57 Å². The van der Waals surface area contributed by atoms with Crippen LogP contribution in [-0.2, 0) is 6.54 Å². The number of nitrogens with one attached hydrogen (secondary N) is 1. The summed E-state index contributed by atoms with van der Waals surface area (Å²) < 4.78 is 22.2. The van der Waals surface area contributed by atoms with Crippen molar-refractivity contribution < 1.29 is 19.0 Å². The number of rotatable bonds is 9. The van der Waals surface area contributed by atoms with Crippen molar-refractivity contribution in [2.24, 2.45) is 0 Å². The summed E-state index contributed by atoms with van der Waals surface area (Å²) in [4.78, 5) is 24.7. The molecule has 0 spiro atoms. The van der Waals surface area contributed by atoms with Gasteiger partial charge in [0.2, 0.25) is 5.43 Å². The van der Waals surface area contributed by atoms with Gasteiger partial charge in [-0.15, -0.1) is 0 Å². The third-order valence-corrected chi connectivity index (χ3v) is 5.95. The number of pyridine rings is 1. The van der Waals surface area contributed by atoms with Crippen LogP contribution in [0.1, 0.15) is 35.7 Å². The minimum atomic E-state index is -1.37. The van der Waals surface area contributed by atoms with E-state index in [0.717, 1.165) is 35.6 Å². The average molecular weight is 475 g/mol. The van der Waals surface area contributed by atoms with Crippen LogP contribution in [-0.4, -0.2) is 29.3 Å². The first kappa shape index (κ1) is 24.0. The molecule has 4 aromatic rings. The minimum Gasteiger partial charge on any atom is -0.492 e. The molecule has 0 aliphatic carbocycles. The molecule has 0 aliphatic rings. The molecular weight excluding hydrogens is 447 g/mol. The van der Waals surface area contributed by atoms with E-state index in [0.29, 0.717) is 12.1 Å². The SMILES string of the molecule is CCCCNc1c(F)cc2c(=O)c(C(=O)O)cn(Cc3ccc(-c4ccccc4)cc3)c2c1OC. The molecule has 0 amide bonds. The molecular formula is C28H27FN2O4. The summed E-state index contributed by atoms with van der Waals surface area (Å²) in [5.41, 5.74) is 2.34. The van der Waals surface area contributed by atoms with Crippen molar-refractivity contribution in [2.75, 3.05) is 19.0 Å². The lowest BCUT2D eigenvalue weighted by Crippen LogP contribution is -2.20. The average Bonchev–Trinajstić information content (AvgIpc) is 2.87. The lowest BCUT2D eigenvalue weighted by Gasteiger charge is -2.19. The molecule has 0 saturated heterocycles. The number of nitrogens with zero attached hydrogens (tertiary/aromatic N) is 1. The third-order valence-electron chi connectivity index (χ3n) is 5.95. The smallest absolute Gasteiger partial charge is 0.341 e. The number of carboxylic acids is 1. The highest BCUT2D eigenvalue weighted by atomic mass is 19.1. The summed E-state index contributed by atoms with van der Waals surface area (Å²) in [7, 11) is 1.41. The zero-order valence-electron chi connectivity index (χ0n) is 19.7. The maximum Gasteiger partial charge on any atom is 0.341 e. The van der Waals surface area contributed by atoms with Crippen molar-refractivity contribution >= 4 is 22.6 Å². The Hall–Kier alpha value is -4.13. The molecule has 0 atom stereocenters. The number of methoxy groups -OCH3 is 1. The summed E-state index contributed by atoms with van der Waals surface area (Å²) >= 11 is 0. The van der Waals surface area contributed by atoms with Crippen LogP contribution < -0.4 is 15.5 Å². The van der Waals surface area contributed by atoms with E-state index in [1.807, 2.05) is 61.5 Å². The Balaban J connectivity index is 1.85. The van der Waals surface area contributed by atoms with Gasteiger partial charge in [0.25, 0.3) is 0 Å². The van der Waals surface area contributed by atoms with Gasteiger partial charge in [0, 0.05) is 19.3 Å². The standard InChI is InChI=1S/C28H27FN2O4/c1-3-4-14-30-24-23(29)15-21-25(27(24)35-2)31(17-22(26(21)32)28(33)34)16-18-10-12-20(13-11-18)19-8-6-5-7-9-19/h5-13,15,17,30H,3-4,14,16H2,1-2H3,(H,33,34). The number of hydrogen-bond donors (Lipinski definition) is 2. The van der Waals surface area contributed by atoms with E-state index in [9.17, 15) is 14.7 Å². The number of aromatic carboxylic acids is 1. The number of ether oxygens (including phenoxy) is 1. The fourth-order valence-corrected chi connectivity index (χ4v) is 4.16. The number of carboxylic acid groups (broad SMARTS) is 1. The highest BCUT2D eigenvalue weighted by Crippen LogP contribution is 2.36. The summed E-state index contributed by atoms with van der Waals surface area (Å²) in [5.74, 6) is -1.86. The lowest BCUT2D eigenvalue weighted by molar-refractivity contribution is 0.0695. The van der Waals surface area contributed by atoms with Gasteiger partial charge in [-0.05, 0) is 29.2 Å². The van der Waals surface area contributed by atoms with Gasteiger partial charge in [-0.25, -0.2) is 9.18 Å². The minimum absolute atomic E-state index is 0.0406. The first-order chi connectivity index (χ1) is 16.9. The Kier molecular flexibility index (Phi) is 7.15. The second-order valence-corrected chi connectivity index (χ2v) is 8.31. The van der Waals surface area contributed by atoms with Crippen molar-refractivity contribution in [2.45, 2.75) is 26.3 Å². The Morgan fingerprint density at radius 3 is 2.40 bits per heavy atom. The predicted octanol–water partition coefficient (Wildman–Crippen LogP) is 5.77. The zero-order valence-corrected chi connectivity index (χ0v) is 19.7. The largest absolute Gasteiger partial charge is 0.492 e. The van der Waals surface area contributed by atoms with Crippen LogP contribution in [0, 0.1) is 5.82 Å². The van der Waals surface area contributed by atoms with Crippen LogP contribution in [0.2, 0.25) is 0 Å². The van der Waals surface area contributed by atoms with Gasteiger partial charge in [0.15, 0.2) is 11.6 Å². The maximum absolute atomic E-state index is 15.0. The monoisotopic (exact) mass is 474 g/mol. The van der Waals surface area contributed by atoms with Crippen LogP contribution in [0.4, 0.5) is 10.1 Å². The number of hydrogen-bond acceptors (Lipinski definition) is 4. The summed E-state index contributed by atoms with van der Waals surface area (Å²) in [5, 5.41) is 12.6. The first-order valence-electron chi connectivity index (χ1n) is 11.5. The fourth-order valence-electron chi connectivity index (χ4n) is 4.16. The van der Waals surface area contributed by atoms with E-state index in [1.54, 1.807) is 4.57 Å². The van der Waals surface area contributed by atoms with Crippen LogP contribution in [0.25, 0.3) is 22.0 Å². The Bertz CT molecular complexity index is 1410. The van der Waals surface area contributed by atoms with E-state index in [2.05, 4.69) is 5.32 Å². The maximum atomic E-state index is 15.0. The second-order valence-electron chi connectivity index (χ2n) is 8.31. The van der Waals surface area contributed by atoms with Gasteiger partial charge in [0.1, 0.15) is 11.3 Å². The molecule has 0 aliphatic heterocycles. The van der Waals surface area contributed by atoms with Crippen LogP contribution in [0.5, 0.6) is 5.75 Å². The van der Waals surface area contributed by atoms with Crippen LogP contribution in [0.15, 0.2) is 71.7 Å². The highest BCUT2D eigenvalue weighted by molar-refractivity contribution is 5.96. The molecule has 6 nitrogen and oxygen atoms in total. The number of fused-ring (bicyclic) bond motifs is 1. The number of benzene rings is 3. The van der Waals surface area contributed by atoms with Crippen LogP contribution >= 0.6 is 0 Å². The van der Waals surface area contributed by atoms with Gasteiger partial charge in [-0.3, -0.25) is 4.79 Å². The van der Waals surface area contributed by atoms with Gasteiger partial charge in [-0.2, -0.15) is 0 Å². The number of carbonyl (C=O) groups is 1. The normalized spacial score (nSPS) is 10.9. The molecule has 1 heterocycles. The molecule has 180 valence electrons. The molecule has 0 saturated carbocycles. The molecule has 0 unspecified atom stereocenters. The Morgan fingerprint density at radius 2 is 1.77 bits per heavy atom. The quantitative estimate of drug-likeness (QED) is 0.301. The predicted molar refractivity (Wildman–Crippen MR) is 136 cm³/mol. The van der Waals surface area contributed by atoms with Gasteiger partial charge in [0.05, 0.1) is 18.0 Å². The molecule has 0 bridgehead atoms. The van der Waals surface area contributed by atoms with E-state index in [1.165, 1.54) is 13.3 Å². The number of aromatic nitrogens is 1. The van der Waals surface area contributed by atoms with Gasteiger partial charge in [-0.1, -0.05) is 67.9 Å². The number of anilines is 1. The zero-order chi connectivity index (χ0) is 24.9. The number of unbranched alkanes of at least 4 members (excludes halogenated alkanes) is 1. The molecule has 35 heavy (non-hydrogen) atoms. The van der Waals surface area contributed by atoms with E-state index >= 15 is 4.39 Å². The van der Waals surface area contributed by atoms with E-state index in [-0.39, 0.29) is 23.4 Å². The van der Waals surface area contributed by atoms with Gasteiger partial charge >= 0.3 is 5.97 Å². The van der Waals surface area contributed by atoms with Crippen molar-refractivity contribution in [3.8, 4) is 16.9 Å². The molecule has 0 fully saturated rings.